The third-order valence-corrected chi connectivity index (χ3v) is 5.67. The molecule has 1 saturated carbocycles. The monoisotopic (exact) mass is 326 g/mol. The Hall–Kier alpha value is -1.97. The Morgan fingerprint density at radius 3 is 2.50 bits per heavy atom. The standard InChI is InChI=1S/C20H26N2O2/c1-3-18-20(2,16-12-8-5-9-13-16)19(24)22(21-18)14-17(23)15-10-6-4-7-11-15/h4,6-7,10-11,16H,3,5,8-9,12-14H2,1-2H3. The van der Waals surface area contributed by atoms with Gasteiger partial charge in [0.1, 0.15) is 6.54 Å². The van der Waals surface area contributed by atoms with Gasteiger partial charge in [-0.1, -0.05) is 56.5 Å². The van der Waals surface area contributed by atoms with Crippen molar-refractivity contribution in [3.05, 3.63) is 35.9 Å². The molecule has 4 heteroatoms. The largest absolute Gasteiger partial charge is 0.292 e. The first-order valence-electron chi connectivity index (χ1n) is 9.05. The van der Waals surface area contributed by atoms with Crippen molar-refractivity contribution >= 4 is 17.4 Å². The van der Waals surface area contributed by atoms with Crippen molar-refractivity contribution in [2.24, 2.45) is 16.4 Å². The summed E-state index contributed by atoms with van der Waals surface area (Å²) in [5.74, 6) is 0.306. The zero-order chi connectivity index (χ0) is 17.2. The van der Waals surface area contributed by atoms with Gasteiger partial charge >= 0.3 is 0 Å². The normalized spacial score (nSPS) is 25.0. The number of carbonyl (C=O) groups is 2. The first-order chi connectivity index (χ1) is 11.6. The van der Waals surface area contributed by atoms with E-state index < -0.39 is 5.41 Å². The lowest BCUT2D eigenvalue weighted by Crippen LogP contribution is -2.44. The third-order valence-electron chi connectivity index (χ3n) is 5.67. The maximum atomic E-state index is 13.1. The average molecular weight is 326 g/mol. The van der Waals surface area contributed by atoms with Crippen molar-refractivity contribution in [1.82, 2.24) is 5.01 Å². The van der Waals surface area contributed by atoms with Crippen LogP contribution in [-0.4, -0.2) is 29.0 Å². The highest BCUT2D eigenvalue weighted by Crippen LogP contribution is 2.44. The van der Waals surface area contributed by atoms with Crippen molar-refractivity contribution in [3.63, 3.8) is 0 Å². The minimum absolute atomic E-state index is 0.00975. The summed E-state index contributed by atoms with van der Waals surface area (Å²) < 4.78 is 0. The van der Waals surface area contributed by atoms with Gasteiger partial charge in [-0.25, -0.2) is 5.01 Å². The van der Waals surface area contributed by atoms with Crippen LogP contribution < -0.4 is 0 Å². The van der Waals surface area contributed by atoms with E-state index in [2.05, 4.69) is 12.0 Å². The summed E-state index contributed by atoms with van der Waals surface area (Å²) in [5.41, 5.74) is 1.05. The summed E-state index contributed by atoms with van der Waals surface area (Å²) in [4.78, 5) is 25.6. The Morgan fingerprint density at radius 1 is 1.21 bits per heavy atom. The third kappa shape index (κ3) is 2.90. The van der Waals surface area contributed by atoms with Crippen LogP contribution in [0.15, 0.2) is 35.4 Å². The highest BCUT2D eigenvalue weighted by atomic mass is 16.2. The fraction of sp³-hybridized carbons (Fsp3) is 0.550. The van der Waals surface area contributed by atoms with Crippen LogP contribution in [0.3, 0.4) is 0 Å². The van der Waals surface area contributed by atoms with Gasteiger partial charge in [0.2, 0.25) is 0 Å². The van der Waals surface area contributed by atoms with E-state index >= 15 is 0 Å². The van der Waals surface area contributed by atoms with E-state index in [1.807, 2.05) is 25.1 Å². The van der Waals surface area contributed by atoms with E-state index in [-0.39, 0.29) is 18.2 Å². The molecule has 0 saturated heterocycles. The number of carbonyl (C=O) groups excluding carboxylic acids is 2. The van der Waals surface area contributed by atoms with E-state index in [0.717, 1.165) is 25.0 Å². The zero-order valence-electron chi connectivity index (χ0n) is 14.6. The Bertz CT molecular complexity index is 647. The van der Waals surface area contributed by atoms with Gasteiger partial charge in [-0.3, -0.25) is 9.59 Å². The van der Waals surface area contributed by atoms with Gasteiger partial charge in [-0.05, 0) is 32.1 Å². The van der Waals surface area contributed by atoms with Crippen LogP contribution in [0.5, 0.6) is 0 Å². The first kappa shape index (κ1) is 16.9. The van der Waals surface area contributed by atoms with E-state index in [4.69, 9.17) is 0 Å². The van der Waals surface area contributed by atoms with Crippen LogP contribution in [0, 0.1) is 11.3 Å². The van der Waals surface area contributed by atoms with Crippen molar-refractivity contribution in [3.8, 4) is 0 Å². The molecule has 2 aliphatic rings. The van der Waals surface area contributed by atoms with Gasteiger partial charge in [0.25, 0.3) is 5.91 Å². The van der Waals surface area contributed by atoms with E-state index in [0.29, 0.717) is 11.5 Å². The quantitative estimate of drug-likeness (QED) is 0.766. The molecular formula is C20H26N2O2. The van der Waals surface area contributed by atoms with Crippen molar-refractivity contribution < 1.29 is 9.59 Å². The van der Waals surface area contributed by atoms with Gasteiger partial charge in [0, 0.05) is 5.56 Å². The molecule has 0 bridgehead atoms. The Morgan fingerprint density at radius 2 is 1.88 bits per heavy atom. The lowest BCUT2D eigenvalue weighted by molar-refractivity contribution is -0.137. The predicted molar refractivity (Wildman–Crippen MR) is 94.9 cm³/mol. The molecule has 0 spiro atoms. The SMILES string of the molecule is CCC1=NN(CC(=O)c2ccccc2)C(=O)C1(C)C1CCCCC1. The molecular weight excluding hydrogens is 300 g/mol. The Labute approximate surface area is 143 Å². The Kier molecular flexibility index (Phi) is 4.83. The summed E-state index contributed by atoms with van der Waals surface area (Å²) in [6, 6.07) is 9.13. The number of hydrogen-bond donors (Lipinski definition) is 0. The lowest BCUT2D eigenvalue weighted by atomic mass is 9.66. The number of hydrazone groups is 1. The van der Waals surface area contributed by atoms with Crippen LogP contribution in [-0.2, 0) is 4.79 Å². The molecule has 3 rings (SSSR count). The second-order valence-electron chi connectivity index (χ2n) is 7.09. The molecule has 0 N–H and O–H groups in total. The summed E-state index contributed by atoms with van der Waals surface area (Å²) in [7, 11) is 0. The Balaban J connectivity index is 1.80. The molecule has 1 aliphatic heterocycles. The van der Waals surface area contributed by atoms with E-state index in [9.17, 15) is 9.59 Å². The van der Waals surface area contributed by atoms with Crippen LogP contribution in [0.2, 0.25) is 0 Å². The molecule has 1 aromatic carbocycles. The smallest absolute Gasteiger partial charge is 0.255 e. The molecule has 1 unspecified atom stereocenters. The van der Waals surface area contributed by atoms with Crippen LogP contribution in [0.1, 0.15) is 62.7 Å². The van der Waals surface area contributed by atoms with Crippen molar-refractivity contribution in [2.45, 2.75) is 52.4 Å². The molecule has 128 valence electrons. The molecule has 1 aliphatic carbocycles. The number of amides is 1. The maximum Gasteiger partial charge on any atom is 0.255 e. The first-order valence-corrected chi connectivity index (χ1v) is 9.05. The molecule has 0 aromatic heterocycles. The number of rotatable bonds is 5. The van der Waals surface area contributed by atoms with Gasteiger partial charge in [-0.15, -0.1) is 0 Å². The van der Waals surface area contributed by atoms with Crippen molar-refractivity contribution in [2.75, 3.05) is 6.54 Å². The van der Waals surface area contributed by atoms with Crippen molar-refractivity contribution in [1.29, 1.82) is 0 Å². The fourth-order valence-corrected chi connectivity index (χ4v) is 4.17. The summed E-state index contributed by atoms with van der Waals surface area (Å²) >= 11 is 0. The second kappa shape index (κ2) is 6.88. The summed E-state index contributed by atoms with van der Waals surface area (Å²) in [5, 5.41) is 5.98. The van der Waals surface area contributed by atoms with Crippen LogP contribution in [0.4, 0.5) is 0 Å². The van der Waals surface area contributed by atoms with Gasteiger partial charge in [-0.2, -0.15) is 5.10 Å². The molecule has 0 radical (unpaired) electrons. The highest BCUT2D eigenvalue weighted by molar-refractivity contribution is 6.13. The number of Topliss-reactive ketones (excluding diaryl/α,β-unsaturated/α-hetero) is 1. The van der Waals surface area contributed by atoms with E-state index in [1.54, 1.807) is 12.1 Å². The maximum absolute atomic E-state index is 13.1. The molecule has 1 heterocycles. The van der Waals surface area contributed by atoms with Gasteiger partial charge < -0.3 is 0 Å². The predicted octanol–water partition coefficient (Wildman–Crippen LogP) is 4.06. The minimum atomic E-state index is -0.522. The highest BCUT2D eigenvalue weighted by Gasteiger charge is 2.51. The van der Waals surface area contributed by atoms with E-state index in [1.165, 1.54) is 24.3 Å². The van der Waals surface area contributed by atoms with Crippen LogP contribution >= 0.6 is 0 Å². The number of ketones is 1. The topological polar surface area (TPSA) is 49.7 Å². The molecule has 1 amide bonds. The summed E-state index contributed by atoms with van der Waals surface area (Å²) in [6.07, 6.45) is 6.56. The zero-order valence-corrected chi connectivity index (χ0v) is 14.6. The number of nitrogens with zero attached hydrogens (tertiary/aromatic N) is 2. The molecule has 24 heavy (non-hydrogen) atoms. The average Bonchev–Trinajstić information content (AvgIpc) is 2.88. The van der Waals surface area contributed by atoms with Gasteiger partial charge in [0.05, 0.1) is 11.1 Å². The number of hydrogen-bond acceptors (Lipinski definition) is 3. The lowest BCUT2D eigenvalue weighted by Gasteiger charge is -2.36. The summed E-state index contributed by atoms with van der Waals surface area (Å²) in [6.45, 7) is 4.13. The molecule has 4 nitrogen and oxygen atoms in total. The van der Waals surface area contributed by atoms with Crippen LogP contribution in [0.25, 0.3) is 0 Å². The molecule has 1 atom stereocenters. The fourth-order valence-electron chi connectivity index (χ4n) is 4.17. The molecule has 1 aromatic rings. The number of benzene rings is 1. The molecule has 1 fully saturated rings. The van der Waals surface area contributed by atoms with Gasteiger partial charge in [0.15, 0.2) is 5.78 Å². The second-order valence-corrected chi connectivity index (χ2v) is 7.09. The minimum Gasteiger partial charge on any atom is -0.292 e.